The summed E-state index contributed by atoms with van der Waals surface area (Å²) < 4.78 is 0. The lowest BCUT2D eigenvalue weighted by Crippen LogP contribution is -2.33. The summed E-state index contributed by atoms with van der Waals surface area (Å²) in [6.45, 7) is 2.79. The molecule has 0 bridgehead atoms. The van der Waals surface area contributed by atoms with Gasteiger partial charge in [-0.2, -0.15) is 0 Å². The molecule has 1 N–H and O–H groups in total. The van der Waals surface area contributed by atoms with E-state index < -0.39 is 12.0 Å². The Morgan fingerprint density at radius 1 is 1.17 bits per heavy atom. The second-order valence-electron chi connectivity index (χ2n) is 6.55. The van der Waals surface area contributed by atoms with E-state index in [2.05, 4.69) is 24.3 Å². The zero-order chi connectivity index (χ0) is 16.4. The van der Waals surface area contributed by atoms with Crippen LogP contribution in [0.15, 0.2) is 54.6 Å². The van der Waals surface area contributed by atoms with E-state index in [1.165, 1.54) is 5.56 Å². The third-order valence-corrected chi connectivity index (χ3v) is 4.83. The van der Waals surface area contributed by atoms with Crippen LogP contribution in [-0.2, 0) is 4.79 Å². The first-order valence-electron chi connectivity index (χ1n) is 8.11. The molecule has 3 heteroatoms. The number of carbonyl (C=O) groups is 1. The summed E-state index contributed by atoms with van der Waals surface area (Å²) in [5.74, 6) is 0.344. The number of likely N-dealkylation sites (N-methyl/N-ethyl adjacent to an activating group) is 1. The quantitative estimate of drug-likeness (QED) is 0.881. The molecular formula is C20H23NO2. The average Bonchev–Trinajstić information content (AvgIpc) is 3.29. The van der Waals surface area contributed by atoms with Gasteiger partial charge in [0.05, 0.1) is 0 Å². The van der Waals surface area contributed by atoms with Gasteiger partial charge in [-0.05, 0) is 48.9 Å². The topological polar surface area (TPSA) is 40.5 Å². The molecule has 0 amide bonds. The maximum Gasteiger partial charge on any atom is 0.325 e. The number of aryl methyl sites for hydroxylation is 1. The third kappa shape index (κ3) is 3.45. The van der Waals surface area contributed by atoms with E-state index in [0.717, 1.165) is 24.1 Å². The Balaban J connectivity index is 1.70. The van der Waals surface area contributed by atoms with Gasteiger partial charge < -0.3 is 5.11 Å². The Bertz CT molecular complexity index is 683. The number of benzene rings is 2. The van der Waals surface area contributed by atoms with Crippen LogP contribution in [0, 0.1) is 12.8 Å². The van der Waals surface area contributed by atoms with Crippen LogP contribution in [0.5, 0.6) is 0 Å². The van der Waals surface area contributed by atoms with E-state index >= 15 is 0 Å². The Morgan fingerprint density at radius 2 is 1.83 bits per heavy atom. The van der Waals surface area contributed by atoms with Crippen molar-refractivity contribution in [2.75, 3.05) is 13.6 Å². The lowest BCUT2D eigenvalue weighted by molar-refractivity contribution is -0.143. The number of hydrogen-bond donors (Lipinski definition) is 1. The standard InChI is InChI=1S/C20H23NO2/c1-14-8-6-7-11-17(14)19(20(22)23)21(2)13-16-12-18(16)15-9-4-3-5-10-15/h3-11,16,18-19H,12-13H2,1-2H3,(H,22,23)/t16-,18-,19?/m0/s1. The number of carboxylic acid groups (broad SMARTS) is 1. The molecule has 3 rings (SSSR count). The molecule has 0 aliphatic heterocycles. The van der Waals surface area contributed by atoms with Crippen LogP contribution in [0.2, 0.25) is 0 Å². The zero-order valence-corrected chi connectivity index (χ0v) is 13.6. The van der Waals surface area contributed by atoms with Gasteiger partial charge in [0.25, 0.3) is 0 Å². The van der Waals surface area contributed by atoms with Gasteiger partial charge in [-0.3, -0.25) is 9.69 Å². The molecule has 1 fully saturated rings. The molecule has 23 heavy (non-hydrogen) atoms. The fourth-order valence-electron chi connectivity index (χ4n) is 3.49. The SMILES string of the molecule is Cc1ccccc1C(C(=O)O)N(C)C[C@@H]1C[C@H]1c1ccccc1. The molecule has 1 unspecified atom stereocenters. The van der Waals surface area contributed by atoms with Crippen molar-refractivity contribution in [1.29, 1.82) is 0 Å². The second kappa shape index (κ2) is 6.55. The van der Waals surface area contributed by atoms with Gasteiger partial charge >= 0.3 is 5.97 Å². The van der Waals surface area contributed by atoms with Crippen LogP contribution in [-0.4, -0.2) is 29.6 Å². The van der Waals surface area contributed by atoms with Gasteiger partial charge in [0.15, 0.2) is 0 Å². The maximum atomic E-state index is 11.8. The van der Waals surface area contributed by atoms with E-state index in [9.17, 15) is 9.90 Å². The molecule has 0 heterocycles. The summed E-state index contributed by atoms with van der Waals surface area (Å²) >= 11 is 0. The predicted octanol–water partition coefficient (Wildman–Crippen LogP) is 3.86. The number of carboxylic acids is 1. The van der Waals surface area contributed by atoms with Gasteiger partial charge in [0.1, 0.15) is 6.04 Å². The van der Waals surface area contributed by atoms with E-state index in [4.69, 9.17) is 0 Å². The van der Waals surface area contributed by atoms with E-state index in [-0.39, 0.29) is 0 Å². The van der Waals surface area contributed by atoms with Gasteiger partial charge in [-0.25, -0.2) is 0 Å². The van der Waals surface area contributed by atoms with Crippen molar-refractivity contribution in [3.8, 4) is 0 Å². The number of hydrogen-bond acceptors (Lipinski definition) is 2. The molecule has 1 aliphatic rings. The van der Waals surface area contributed by atoms with E-state index in [0.29, 0.717) is 11.8 Å². The Hall–Kier alpha value is -2.13. The highest BCUT2D eigenvalue weighted by Gasteiger charge is 2.40. The second-order valence-corrected chi connectivity index (χ2v) is 6.55. The first kappa shape index (κ1) is 15.8. The summed E-state index contributed by atoms with van der Waals surface area (Å²) in [6.07, 6.45) is 1.15. The minimum Gasteiger partial charge on any atom is -0.480 e. The van der Waals surface area contributed by atoms with Crippen molar-refractivity contribution < 1.29 is 9.90 Å². The van der Waals surface area contributed by atoms with E-state index in [1.807, 2.05) is 49.2 Å². The summed E-state index contributed by atoms with van der Waals surface area (Å²) in [4.78, 5) is 13.8. The Labute approximate surface area is 137 Å². The molecule has 0 aromatic heterocycles. The molecule has 2 aromatic carbocycles. The first-order chi connectivity index (χ1) is 11.1. The fraction of sp³-hybridized carbons (Fsp3) is 0.350. The van der Waals surface area contributed by atoms with Crippen LogP contribution >= 0.6 is 0 Å². The fourth-order valence-corrected chi connectivity index (χ4v) is 3.49. The van der Waals surface area contributed by atoms with Crippen LogP contribution in [0.1, 0.15) is 35.1 Å². The van der Waals surface area contributed by atoms with Crippen molar-refractivity contribution in [2.24, 2.45) is 5.92 Å². The summed E-state index contributed by atoms with van der Waals surface area (Å²) in [5.41, 5.74) is 3.29. The minimum absolute atomic E-state index is 0.549. The van der Waals surface area contributed by atoms with Crippen molar-refractivity contribution in [1.82, 2.24) is 4.90 Å². The minimum atomic E-state index is -0.779. The first-order valence-corrected chi connectivity index (χ1v) is 8.11. The van der Waals surface area contributed by atoms with Crippen LogP contribution in [0.3, 0.4) is 0 Å². The zero-order valence-electron chi connectivity index (χ0n) is 13.6. The van der Waals surface area contributed by atoms with Crippen LogP contribution in [0.4, 0.5) is 0 Å². The highest BCUT2D eigenvalue weighted by atomic mass is 16.4. The largest absolute Gasteiger partial charge is 0.480 e. The number of nitrogens with zero attached hydrogens (tertiary/aromatic N) is 1. The van der Waals surface area contributed by atoms with Gasteiger partial charge in [-0.15, -0.1) is 0 Å². The van der Waals surface area contributed by atoms with Crippen LogP contribution < -0.4 is 0 Å². The molecule has 0 saturated heterocycles. The average molecular weight is 309 g/mol. The summed E-state index contributed by atoms with van der Waals surface area (Å²) in [6, 6.07) is 17.7. The molecule has 2 aromatic rings. The van der Waals surface area contributed by atoms with Gasteiger partial charge in [0, 0.05) is 6.54 Å². The number of rotatable bonds is 6. The Kier molecular flexibility index (Phi) is 4.49. The molecule has 120 valence electrons. The molecule has 3 atom stereocenters. The third-order valence-electron chi connectivity index (χ3n) is 4.83. The molecule has 1 saturated carbocycles. The predicted molar refractivity (Wildman–Crippen MR) is 91.5 cm³/mol. The van der Waals surface area contributed by atoms with Gasteiger partial charge in [0.2, 0.25) is 0 Å². The highest BCUT2D eigenvalue weighted by Crippen LogP contribution is 2.48. The number of aliphatic carboxylic acids is 1. The summed E-state index contributed by atoms with van der Waals surface area (Å²) in [5, 5.41) is 9.70. The monoisotopic (exact) mass is 309 g/mol. The molecule has 3 nitrogen and oxygen atoms in total. The lowest BCUT2D eigenvalue weighted by atomic mass is 10.00. The Morgan fingerprint density at radius 3 is 2.48 bits per heavy atom. The van der Waals surface area contributed by atoms with Crippen molar-refractivity contribution in [3.05, 3.63) is 71.3 Å². The van der Waals surface area contributed by atoms with Crippen molar-refractivity contribution in [3.63, 3.8) is 0 Å². The van der Waals surface area contributed by atoms with Crippen molar-refractivity contribution in [2.45, 2.75) is 25.3 Å². The molecule has 1 aliphatic carbocycles. The summed E-state index contributed by atoms with van der Waals surface area (Å²) in [7, 11) is 1.92. The highest BCUT2D eigenvalue weighted by molar-refractivity contribution is 5.76. The molecule has 0 radical (unpaired) electrons. The normalized spacial score (nSPS) is 21.2. The van der Waals surface area contributed by atoms with E-state index in [1.54, 1.807) is 0 Å². The molecular weight excluding hydrogens is 286 g/mol. The molecule has 0 spiro atoms. The van der Waals surface area contributed by atoms with Crippen LogP contribution in [0.25, 0.3) is 0 Å². The van der Waals surface area contributed by atoms with Gasteiger partial charge in [-0.1, -0.05) is 54.6 Å². The smallest absolute Gasteiger partial charge is 0.325 e. The lowest BCUT2D eigenvalue weighted by Gasteiger charge is -2.26. The maximum absolute atomic E-state index is 11.8. The van der Waals surface area contributed by atoms with Crippen molar-refractivity contribution >= 4 is 5.97 Å².